The van der Waals surface area contributed by atoms with Gasteiger partial charge in [-0.05, 0) is 31.0 Å². The molecule has 1 aromatic carbocycles. The summed E-state index contributed by atoms with van der Waals surface area (Å²) in [6.45, 7) is 0.214. The summed E-state index contributed by atoms with van der Waals surface area (Å²) in [7, 11) is 0.541. The maximum atomic E-state index is 13.1. The molecule has 1 aliphatic rings. The topological polar surface area (TPSA) is 66.9 Å². The van der Waals surface area contributed by atoms with Crippen LogP contribution in [0.5, 0.6) is 5.75 Å². The Morgan fingerprint density at radius 3 is 2.46 bits per heavy atom. The van der Waals surface area contributed by atoms with Gasteiger partial charge in [0.15, 0.2) is 0 Å². The zero-order valence-electron chi connectivity index (χ0n) is 15.6. The second-order valence-electron chi connectivity index (χ2n) is 6.58. The molecule has 0 unspecified atom stereocenters. The van der Waals surface area contributed by atoms with Crippen molar-refractivity contribution in [3.8, 4) is 18.1 Å². The fraction of sp³-hybridized carbons (Fsp3) is 0.526. The highest BCUT2D eigenvalue weighted by Gasteiger charge is 2.28. The summed E-state index contributed by atoms with van der Waals surface area (Å²) >= 11 is 0. The molecular formula is C19H26N2O4S. The molecule has 2 rings (SSSR count). The van der Waals surface area contributed by atoms with Gasteiger partial charge in [-0.3, -0.25) is 4.79 Å². The SMILES string of the molecule is C#CCN(C(=O)c1ccc(OC)c(S(=O)(=O)N(C)C)c1)C1CCCCC1. The molecule has 0 heterocycles. The molecule has 6 nitrogen and oxygen atoms in total. The van der Waals surface area contributed by atoms with Gasteiger partial charge in [0.25, 0.3) is 5.91 Å². The van der Waals surface area contributed by atoms with E-state index < -0.39 is 10.0 Å². The van der Waals surface area contributed by atoms with Crippen LogP contribution in [0.4, 0.5) is 0 Å². The first-order valence-corrected chi connectivity index (χ1v) is 10.1. The molecule has 0 saturated heterocycles. The molecule has 0 bridgehead atoms. The Morgan fingerprint density at radius 1 is 1.27 bits per heavy atom. The van der Waals surface area contributed by atoms with Crippen molar-refractivity contribution < 1.29 is 17.9 Å². The lowest BCUT2D eigenvalue weighted by Crippen LogP contribution is -2.41. The molecule has 26 heavy (non-hydrogen) atoms. The van der Waals surface area contributed by atoms with Crippen LogP contribution >= 0.6 is 0 Å². The van der Waals surface area contributed by atoms with Crippen molar-refractivity contribution in [1.29, 1.82) is 0 Å². The summed E-state index contributed by atoms with van der Waals surface area (Å²) in [5.74, 6) is 2.52. The van der Waals surface area contributed by atoms with Crippen molar-refractivity contribution in [3.05, 3.63) is 23.8 Å². The molecule has 0 aliphatic heterocycles. The maximum absolute atomic E-state index is 13.1. The minimum Gasteiger partial charge on any atom is -0.495 e. The van der Waals surface area contributed by atoms with Crippen LogP contribution in [0.15, 0.2) is 23.1 Å². The van der Waals surface area contributed by atoms with Crippen LogP contribution in [-0.2, 0) is 10.0 Å². The van der Waals surface area contributed by atoms with E-state index in [0.29, 0.717) is 5.56 Å². The molecule has 0 radical (unpaired) electrons. The van der Waals surface area contributed by atoms with Gasteiger partial charge in [-0.1, -0.05) is 25.2 Å². The van der Waals surface area contributed by atoms with Gasteiger partial charge in [-0.15, -0.1) is 6.42 Å². The lowest BCUT2D eigenvalue weighted by Gasteiger charge is -2.33. The third-order valence-corrected chi connectivity index (χ3v) is 6.54. The average molecular weight is 378 g/mol. The van der Waals surface area contributed by atoms with Gasteiger partial charge in [0.2, 0.25) is 10.0 Å². The van der Waals surface area contributed by atoms with Gasteiger partial charge in [-0.2, -0.15) is 0 Å². The van der Waals surface area contributed by atoms with Gasteiger partial charge in [0, 0.05) is 25.7 Å². The van der Waals surface area contributed by atoms with Crippen LogP contribution in [0.2, 0.25) is 0 Å². The van der Waals surface area contributed by atoms with Gasteiger partial charge in [-0.25, -0.2) is 12.7 Å². The molecule has 0 N–H and O–H groups in total. The molecule has 1 saturated carbocycles. The Kier molecular flexibility index (Phi) is 6.68. The predicted octanol–water partition coefficient (Wildman–Crippen LogP) is 2.35. The van der Waals surface area contributed by atoms with E-state index in [1.807, 2.05) is 0 Å². The standard InChI is InChI=1S/C19H26N2O4S/c1-5-13-21(16-9-7-6-8-10-16)19(22)15-11-12-17(25-4)18(14-15)26(23,24)20(2)3/h1,11-12,14,16H,6-10,13H2,2-4H3. The van der Waals surface area contributed by atoms with Crippen molar-refractivity contribution in [2.45, 2.75) is 43.0 Å². The molecular weight excluding hydrogens is 352 g/mol. The average Bonchev–Trinajstić information content (AvgIpc) is 2.65. The molecule has 0 spiro atoms. The van der Waals surface area contributed by atoms with Crippen LogP contribution in [0, 0.1) is 12.3 Å². The number of terminal acetylenes is 1. The normalized spacial score (nSPS) is 15.5. The second kappa shape index (κ2) is 8.56. The number of benzene rings is 1. The Labute approximate surface area is 156 Å². The molecule has 7 heteroatoms. The van der Waals surface area contributed by atoms with E-state index in [1.165, 1.54) is 39.8 Å². The fourth-order valence-corrected chi connectivity index (χ4v) is 4.31. The molecule has 142 valence electrons. The van der Waals surface area contributed by atoms with E-state index in [2.05, 4.69) is 5.92 Å². The summed E-state index contributed by atoms with van der Waals surface area (Å²) in [5, 5.41) is 0. The number of ether oxygens (including phenoxy) is 1. The maximum Gasteiger partial charge on any atom is 0.254 e. The van der Waals surface area contributed by atoms with Crippen molar-refractivity contribution in [3.63, 3.8) is 0 Å². The summed E-state index contributed by atoms with van der Waals surface area (Å²) in [6, 6.07) is 4.58. The third kappa shape index (κ3) is 4.19. The zero-order chi connectivity index (χ0) is 19.3. The first kappa shape index (κ1) is 20.3. The Balaban J connectivity index is 2.43. The van der Waals surface area contributed by atoms with Gasteiger partial charge in [0.1, 0.15) is 10.6 Å². The van der Waals surface area contributed by atoms with E-state index >= 15 is 0 Å². The summed E-state index contributed by atoms with van der Waals surface area (Å²) in [4.78, 5) is 14.7. The summed E-state index contributed by atoms with van der Waals surface area (Å²) in [5.41, 5.74) is 0.298. The lowest BCUT2D eigenvalue weighted by atomic mass is 9.93. The minimum absolute atomic E-state index is 0.0276. The van der Waals surface area contributed by atoms with E-state index in [4.69, 9.17) is 11.2 Å². The molecule has 0 atom stereocenters. The van der Waals surface area contributed by atoms with Crippen molar-refractivity contribution in [2.75, 3.05) is 27.7 Å². The van der Waals surface area contributed by atoms with Crippen molar-refractivity contribution >= 4 is 15.9 Å². The first-order valence-electron chi connectivity index (χ1n) is 8.68. The highest BCUT2D eigenvalue weighted by molar-refractivity contribution is 7.89. The van der Waals surface area contributed by atoms with E-state index in [-0.39, 0.29) is 29.1 Å². The molecule has 1 aliphatic carbocycles. The van der Waals surface area contributed by atoms with E-state index in [9.17, 15) is 13.2 Å². The van der Waals surface area contributed by atoms with E-state index in [0.717, 1.165) is 30.0 Å². The van der Waals surface area contributed by atoms with Crippen LogP contribution in [0.25, 0.3) is 0 Å². The summed E-state index contributed by atoms with van der Waals surface area (Å²) < 4.78 is 31.4. The quantitative estimate of drug-likeness (QED) is 0.713. The number of rotatable bonds is 6. The van der Waals surface area contributed by atoms with Crippen molar-refractivity contribution in [2.24, 2.45) is 0 Å². The summed E-state index contributed by atoms with van der Waals surface area (Å²) in [6.07, 6.45) is 10.6. The van der Waals surface area contributed by atoms with Gasteiger partial charge < -0.3 is 9.64 Å². The number of hydrogen-bond donors (Lipinski definition) is 0. The molecule has 1 fully saturated rings. The predicted molar refractivity (Wildman–Crippen MR) is 101 cm³/mol. The number of methoxy groups -OCH3 is 1. The highest BCUT2D eigenvalue weighted by Crippen LogP contribution is 2.29. The van der Waals surface area contributed by atoms with Crippen LogP contribution in [0.3, 0.4) is 0 Å². The van der Waals surface area contributed by atoms with Gasteiger partial charge in [0.05, 0.1) is 13.7 Å². The first-order chi connectivity index (χ1) is 12.3. The highest BCUT2D eigenvalue weighted by atomic mass is 32.2. The number of amides is 1. The number of sulfonamides is 1. The van der Waals surface area contributed by atoms with Crippen LogP contribution in [-0.4, -0.2) is 57.3 Å². The number of hydrogen-bond acceptors (Lipinski definition) is 4. The van der Waals surface area contributed by atoms with Crippen molar-refractivity contribution in [1.82, 2.24) is 9.21 Å². The Bertz CT molecular complexity index is 790. The Morgan fingerprint density at radius 2 is 1.92 bits per heavy atom. The monoisotopic (exact) mass is 378 g/mol. The zero-order valence-corrected chi connectivity index (χ0v) is 16.4. The number of carbonyl (C=O) groups excluding carboxylic acids is 1. The fourth-order valence-electron chi connectivity index (χ4n) is 3.23. The molecule has 1 amide bonds. The van der Waals surface area contributed by atoms with E-state index in [1.54, 1.807) is 11.0 Å². The lowest BCUT2D eigenvalue weighted by molar-refractivity contribution is 0.0667. The second-order valence-corrected chi connectivity index (χ2v) is 8.70. The third-order valence-electron chi connectivity index (χ3n) is 4.71. The molecule has 0 aromatic heterocycles. The smallest absolute Gasteiger partial charge is 0.254 e. The van der Waals surface area contributed by atoms with Gasteiger partial charge >= 0.3 is 0 Å². The van der Waals surface area contributed by atoms with Crippen LogP contribution in [0.1, 0.15) is 42.5 Å². The largest absolute Gasteiger partial charge is 0.495 e. The number of carbonyl (C=O) groups is 1. The number of nitrogens with zero attached hydrogens (tertiary/aromatic N) is 2. The Hall–Kier alpha value is -2.04. The minimum atomic E-state index is -3.74. The molecule has 1 aromatic rings. The van der Waals surface area contributed by atoms with Crippen LogP contribution < -0.4 is 4.74 Å².